The van der Waals surface area contributed by atoms with E-state index in [4.69, 9.17) is 13.9 Å². The van der Waals surface area contributed by atoms with Crippen molar-refractivity contribution in [3.8, 4) is 0 Å². The van der Waals surface area contributed by atoms with Gasteiger partial charge in [0.1, 0.15) is 0 Å². The van der Waals surface area contributed by atoms with Crippen LogP contribution in [-0.4, -0.2) is 27.3 Å². The smallest absolute Gasteiger partial charge is 0.242 e. The van der Waals surface area contributed by atoms with Crippen LogP contribution in [0.4, 0.5) is 0 Å². The summed E-state index contributed by atoms with van der Waals surface area (Å²) in [5.41, 5.74) is 1.86. The number of ether oxygens (including phenoxy) is 2. The van der Waals surface area contributed by atoms with Crippen LogP contribution in [0.25, 0.3) is 0 Å². The van der Waals surface area contributed by atoms with Crippen LogP contribution in [0.15, 0.2) is 23.5 Å². The molecular formula is C18H28O3Si. The SMILES string of the molecule is CC1=CC(O[Si](C)(C)C)=C[C@H]2CC3C[C@@]12CCC31OCCO1. The molecule has 4 aliphatic rings. The number of hydrogen-bond acceptors (Lipinski definition) is 3. The van der Waals surface area contributed by atoms with Gasteiger partial charge in [-0.2, -0.15) is 0 Å². The first-order valence-corrected chi connectivity index (χ1v) is 12.1. The third kappa shape index (κ3) is 2.14. The van der Waals surface area contributed by atoms with Gasteiger partial charge in [0.2, 0.25) is 8.32 Å². The third-order valence-electron chi connectivity index (χ3n) is 6.11. The third-order valence-corrected chi connectivity index (χ3v) is 6.96. The maximum atomic E-state index is 6.28. The Balaban J connectivity index is 1.63. The summed E-state index contributed by atoms with van der Waals surface area (Å²) >= 11 is 0. The molecule has 3 fully saturated rings. The first-order valence-electron chi connectivity index (χ1n) is 8.71. The molecule has 4 rings (SSSR count). The van der Waals surface area contributed by atoms with Gasteiger partial charge < -0.3 is 13.9 Å². The van der Waals surface area contributed by atoms with Gasteiger partial charge in [0.15, 0.2) is 5.79 Å². The Morgan fingerprint density at radius 1 is 1.18 bits per heavy atom. The summed E-state index contributed by atoms with van der Waals surface area (Å²) < 4.78 is 18.4. The fraction of sp³-hybridized carbons (Fsp3) is 0.778. The molecule has 2 saturated carbocycles. The molecule has 3 aliphatic carbocycles. The van der Waals surface area contributed by atoms with Crippen LogP contribution in [0.5, 0.6) is 0 Å². The number of fused-ring (bicyclic) bond motifs is 2. The molecule has 1 aliphatic heterocycles. The van der Waals surface area contributed by atoms with Crippen LogP contribution in [0.1, 0.15) is 32.6 Å². The highest BCUT2D eigenvalue weighted by Crippen LogP contribution is 2.64. The lowest BCUT2D eigenvalue weighted by molar-refractivity contribution is -0.212. The van der Waals surface area contributed by atoms with E-state index in [1.165, 1.54) is 24.8 Å². The van der Waals surface area contributed by atoms with Gasteiger partial charge in [-0.05, 0) is 69.3 Å². The average Bonchev–Trinajstić information content (AvgIpc) is 2.97. The Bertz CT molecular complexity index is 539. The minimum absolute atomic E-state index is 0.267. The summed E-state index contributed by atoms with van der Waals surface area (Å²) in [7, 11) is -1.55. The van der Waals surface area contributed by atoms with E-state index in [-0.39, 0.29) is 5.79 Å². The molecule has 0 N–H and O–H groups in total. The molecule has 4 heteroatoms. The lowest BCUT2D eigenvalue weighted by Gasteiger charge is -2.45. The van der Waals surface area contributed by atoms with Gasteiger partial charge in [0.25, 0.3) is 0 Å². The highest BCUT2D eigenvalue weighted by Gasteiger charge is 2.61. The fourth-order valence-corrected chi connectivity index (χ4v) is 6.01. The molecular weight excluding hydrogens is 292 g/mol. The van der Waals surface area contributed by atoms with Crippen LogP contribution in [0.2, 0.25) is 19.6 Å². The van der Waals surface area contributed by atoms with Gasteiger partial charge >= 0.3 is 0 Å². The van der Waals surface area contributed by atoms with Crippen molar-refractivity contribution in [2.75, 3.05) is 13.2 Å². The molecule has 2 bridgehead atoms. The van der Waals surface area contributed by atoms with Crippen molar-refractivity contribution in [3.63, 3.8) is 0 Å². The first-order chi connectivity index (χ1) is 10.3. The van der Waals surface area contributed by atoms with Crippen LogP contribution in [0.3, 0.4) is 0 Å². The van der Waals surface area contributed by atoms with Gasteiger partial charge in [-0.3, -0.25) is 0 Å². The van der Waals surface area contributed by atoms with Gasteiger partial charge in [-0.15, -0.1) is 0 Å². The van der Waals surface area contributed by atoms with Crippen molar-refractivity contribution in [2.24, 2.45) is 17.3 Å². The lowest BCUT2D eigenvalue weighted by Crippen LogP contribution is -2.44. The number of hydrogen-bond donors (Lipinski definition) is 0. The van der Waals surface area contributed by atoms with Crippen LogP contribution >= 0.6 is 0 Å². The molecule has 3 atom stereocenters. The zero-order valence-electron chi connectivity index (χ0n) is 14.3. The molecule has 0 radical (unpaired) electrons. The second kappa shape index (κ2) is 4.71. The van der Waals surface area contributed by atoms with E-state index < -0.39 is 8.32 Å². The van der Waals surface area contributed by atoms with Gasteiger partial charge in [0.05, 0.1) is 19.0 Å². The molecule has 0 aromatic rings. The predicted molar refractivity (Wildman–Crippen MR) is 88.8 cm³/mol. The van der Waals surface area contributed by atoms with E-state index in [2.05, 4.69) is 38.7 Å². The molecule has 1 heterocycles. The van der Waals surface area contributed by atoms with Crippen molar-refractivity contribution in [1.29, 1.82) is 0 Å². The monoisotopic (exact) mass is 320 g/mol. The molecule has 1 saturated heterocycles. The summed E-state index contributed by atoms with van der Waals surface area (Å²) in [6.07, 6.45) is 9.37. The fourth-order valence-electron chi connectivity index (χ4n) is 5.18. The molecule has 0 amide bonds. The van der Waals surface area contributed by atoms with Gasteiger partial charge in [0, 0.05) is 12.3 Å². The van der Waals surface area contributed by atoms with Gasteiger partial charge in [-0.25, -0.2) is 0 Å². The summed E-state index contributed by atoms with van der Waals surface area (Å²) in [6.45, 7) is 10.6. The Labute approximate surface area is 134 Å². The van der Waals surface area contributed by atoms with Crippen LogP contribution in [0, 0.1) is 17.3 Å². The summed E-state index contributed by atoms with van der Waals surface area (Å²) in [4.78, 5) is 0. The highest BCUT2D eigenvalue weighted by molar-refractivity contribution is 6.70. The normalized spacial score (nSPS) is 39.5. The second-order valence-electron chi connectivity index (χ2n) is 8.52. The van der Waals surface area contributed by atoms with E-state index in [0.717, 1.165) is 25.4 Å². The predicted octanol–water partition coefficient (Wildman–Crippen LogP) is 4.23. The molecule has 0 aromatic carbocycles. The van der Waals surface area contributed by atoms with Crippen LogP contribution < -0.4 is 0 Å². The zero-order chi connectivity index (χ0) is 15.6. The number of rotatable bonds is 2. The molecule has 22 heavy (non-hydrogen) atoms. The van der Waals surface area contributed by atoms with Crippen molar-refractivity contribution < 1.29 is 13.9 Å². The standard InChI is InChI=1S/C18H28O3Si/c1-13-9-16(21-22(2,3)4)11-14-10-15-12-17(13,14)5-6-18(15)19-7-8-20-18/h9,11,14-15H,5-8,10,12H2,1-4H3/t14-,15?,17+/m1/s1. The van der Waals surface area contributed by atoms with Crippen molar-refractivity contribution in [2.45, 2.75) is 58.0 Å². The van der Waals surface area contributed by atoms with E-state index in [1.54, 1.807) is 0 Å². The lowest BCUT2D eigenvalue weighted by atomic mass is 9.64. The molecule has 0 aromatic heterocycles. The van der Waals surface area contributed by atoms with Crippen molar-refractivity contribution >= 4 is 8.32 Å². The zero-order valence-corrected chi connectivity index (χ0v) is 15.3. The quantitative estimate of drug-likeness (QED) is 0.713. The minimum Gasteiger partial charge on any atom is -0.545 e. The molecule has 1 unspecified atom stereocenters. The average molecular weight is 321 g/mol. The van der Waals surface area contributed by atoms with E-state index >= 15 is 0 Å². The van der Waals surface area contributed by atoms with Gasteiger partial charge in [-0.1, -0.05) is 5.57 Å². The van der Waals surface area contributed by atoms with E-state index in [9.17, 15) is 0 Å². The molecule has 2 spiro atoms. The Kier molecular flexibility index (Phi) is 3.21. The minimum atomic E-state index is -1.55. The number of allylic oxidation sites excluding steroid dienone is 3. The van der Waals surface area contributed by atoms with E-state index in [0.29, 0.717) is 17.3 Å². The van der Waals surface area contributed by atoms with Crippen molar-refractivity contribution in [1.82, 2.24) is 0 Å². The Hall–Kier alpha value is -0.583. The first kappa shape index (κ1) is 15.0. The summed E-state index contributed by atoms with van der Waals surface area (Å²) in [5.74, 6) is 1.99. The summed E-state index contributed by atoms with van der Waals surface area (Å²) in [5, 5.41) is 0. The molecule has 3 nitrogen and oxygen atoms in total. The maximum Gasteiger partial charge on any atom is 0.242 e. The molecule has 122 valence electrons. The Morgan fingerprint density at radius 2 is 1.91 bits per heavy atom. The second-order valence-corrected chi connectivity index (χ2v) is 12.9. The maximum absolute atomic E-state index is 6.28. The topological polar surface area (TPSA) is 27.7 Å². The highest BCUT2D eigenvalue weighted by atomic mass is 28.4. The van der Waals surface area contributed by atoms with Crippen molar-refractivity contribution in [3.05, 3.63) is 23.5 Å². The summed E-state index contributed by atoms with van der Waals surface area (Å²) in [6, 6.07) is 0. The van der Waals surface area contributed by atoms with E-state index in [1.807, 2.05) is 0 Å². The van der Waals surface area contributed by atoms with Crippen LogP contribution in [-0.2, 0) is 13.9 Å². The largest absolute Gasteiger partial charge is 0.545 e. The Morgan fingerprint density at radius 3 is 2.59 bits per heavy atom.